The highest BCUT2D eigenvalue weighted by molar-refractivity contribution is 6.02. The molecule has 2 aromatic heterocycles. The van der Waals surface area contributed by atoms with Gasteiger partial charge in [0.1, 0.15) is 11.9 Å². The first-order valence-electron chi connectivity index (χ1n) is 9.98. The van der Waals surface area contributed by atoms with Crippen molar-refractivity contribution in [2.24, 2.45) is 31.4 Å². The topological polar surface area (TPSA) is 167 Å². The zero-order valence-corrected chi connectivity index (χ0v) is 17.2. The van der Waals surface area contributed by atoms with Gasteiger partial charge in [-0.15, -0.1) is 0 Å². The average molecular weight is 426 g/mol. The smallest absolute Gasteiger partial charge is 0.232 e. The van der Waals surface area contributed by atoms with Crippen LogP contribution in [-0.2, 0) is 12.8 Å². The number of aliphatic imine (C=N–C) groups is 4. The number of nitrogens with two attached hydrogens (primary N) is 2. The van der Waals surface area contributed by atoms with E-state index >= 15 is 0 Å². The summed E-state index contributed by atoms with van der Waals surface area (Å²) in [5.74, 6) is 2.36. The van der Waals surface area contributed by atoms with Gasteiger partial charge in [-0.25, -0.2) is 24.9 Å². The molecule has 2 aliphatic rings. The van der Waals surface area contributed by atoms with Crippen LogP contribution in [0.1, 0.15) is 18.2 Å². The zero-order valence-electron chi connectivity index (χ0n) is 17.2. The Morgan fingerprint density at radius 2 is 1.94 bits per heavy atom. The second kappa shape index (κ2) is 9.24. The molecule has 2 aromatic rings. The molecule has 7 N–H and O–H groups in total. The summed E-state index contributed by atoms with van der Waals surface area (Å²) in [6, 6.07) is 5.69. The van der Waals surface area contributed by atoms with Crippen LogP contribution >= 0.6 is 0 Å². The minimum atomic E-state index is -0.746. The van der Waals surface area contributed by atoms with Crippen molar-refractivity contribution in [2.75, 3.05) is 13.1 Å². The zero-order chi connectivity index (χ0) is 21.6. The Morgan fingerprint density at radius 1 is 1.06 bits per heavy atom. The van der Waals surface area contributed by atoms with Gasteiger partial charge in [0.15, 0.2) is 5.96 Å². The molecule has 0 spiro atoms. The molecule has 0 saturated carbocycles. The fraction of sp³-hybridized carbons (Fsp3) is 0.368. The number of furan rings is 2. The SMILES string of the molecule is CC1N=C(N)N(C2N=C(N)NC(NCCc3ccoc3)=N2)C(NCCc2ccco2)=N1. The normalized spacial score (nSPS) is 20.9. The lowest BCUT2D eigenvalue weighted by Gasteiger charge is -2.34. The minimum Gasteiger partial charge on any atom is -0.472 e. The molecule has 0 aromatic carbocycles. The van der Waals surface area contributed by atoms with Gasteiger partial charge in [0.2, 0.25) is 24.2 Å². The van der Waals surface area contributed by atoms with Crippen LogP contribution < -0.4 is 27.4 Å². The number of hydrogen-bond acceptors (Lipinski definition) is 12. The summed E-state index contributed by atoms with van der Waals surface area (Å²) >= 11 is 0. The molecule has 4 heterocycles. The third-order valence-electron chi connectivity index (χ3n) is 4.60. The first-order chi connectivity index (χ1) is 15.1. The van der Waals surface area contributed by atoms with Crippen molar-refractivity contribution in [1.29, 1.82) is 0 Å². The molecule has 4 rings (SSSR count). The van der Waals surface area contributed by atoms with E-state index in [9.17, 15) is 0 Å². The molecular weight excluding hydrogens is 400 g/mol. The molecule has 164 valence electrons. The van der Waals surface area contributed by atoms with Crippen LogP contribution in [0.3, 0.4) is 0 Å². The number of hydrogen-bond donors (Lipinski definition) is 5. The first-order valence-corrected chi connectivity index (χ1v) is 9.98. The largest absolute Gasteiger partial charge is 0.472 e. The Kier molecular flexibility index (Phi) is 6.05. The van der Waals surface area contributed by atoms with Gasteiger partial charge in [-0.3, -0.25) is 5.32 Å². The summed E-state index contributed by atoms with van der Waals surface area (Å²) in [4.78, 5) is 19.5. The lowest BCUT2D eigenvalue weighted by molar-refractivity contribution is 0.419. The van der Waals surface area contributed by atoms with Crippen molar-refractivity contribution in [3.63, 3.8) is 0 Å². The Morgan fingerprint density at radius 3 is 2.71 bits per heavy atom. The Balaban J connectivity index is 1.43. The number of nitrogens with one attached hydrogen (secondary N) is 3. The van der Waals surface area contributed by atoms with E-state index in [2.05, 4.69) is 35.9 Å². The Labute approximate surface area is 179 Å². The molecule has 0 fully saturated rings. The van der Waals surface area contributed by atoms with Crippen molar-refractivity contribution >= 4 is 23.8 Å². The molecule has 0 saturated heterocycles. The van der Waals surface area contributed by atoms with Gasteiger partial charge in [0.05, 0.1) is 18.8 Å². The molecule has 2 atom stereocenters. The summed E-state index contributed by atoms with van der Waals surface area (Å²) in [7, 11) is 0. The average Bonchev–Trinajstić information content (AvgIpc) is 3.41. The third kappa shape index (κ3) is 5.15. The molecule has 2 aliphatic heterocycles. The van der Waals surface area contributed by atoms with Gasteiger partial charge in [-0.05, 0) is 37.1 Å². The molecule has 0 radical (unpaired) electrons. The van der Waals surface area contributed by atoms with E-state index in [-0.39, 0.29) is 18.1 Å². The number of guanidine groups is 4. The van der Waals surface area contributed by atoms with E-state index in [1.165, 1.54) is 0 Å². The fourth-order valence-corrected chi connectivity index (χ4v) is 3.16. The maximum Gasteiger partial charge on any atom is 0.232 e. The van der Waals surface area contributed by atoms with E-state index in [0.717, 1.165) is 17.7 Å². The van der Waals surface area contributed by atoms with Crippen LogP contribution in [0.2, 0.25) is 0 Å². The van der Waals surface area contributed by atoms with Crippen molar-refractivity contribution in [2.45, 2.75) is 32.2 Å². The fourth-order valence-electron chi connectivity index (χ4n) is 3.16. The van der Waals surface area contributed by atoms with Gasteiger partial charge in [-0.2, -0.15) is 0 Å². The van der Waals surface area contributed by atoms with Gasteiger partial charge >= 0.3 is 0 Å². The van der Waals surface area contributed by atoms with Gasteiger partial charge < -0.3 is 30.9 Å². The minimum absolute atomic E-state index is 0.215. The van der Waals surface area contributed by atoms with E-state index in [0.29, 0.717) is 31.4 Å². The molecule has 0 bridgehead atoms. The molecule has 12 heteroatoms. The van der Waals surface area contributed by atoms with Crippen LogP contribution in [0.25, 0.3) is 0 Å². The van der Waals surface area contributed by atoms with E-state index in [1.54, 1.807) is 23.7 Å². The maximum absolute atomic E-state index is 6.22. The highest BCUT2D eigenvalue weighted by Crippen LogP contribution is 2.13. The quantitative estimate of drug-likeness (QED) is 0.403. The van der Waals surface area contributed by atoms with E-state index in [1.807, 2.05) is 25.1 Å². The standard InChI is InChI=1S/C19H26N10O2/c1-12-24-16(21)29(18(25-12)23-8-5-14-3-2-9-31-14)19-27-15(20)26-17(28-19)22-7-4-13-6-10-30-11-13/h2-3,6,9-12,19H,4-5,7-8H2,1H3,(H2,21,24)(H,23,25)(H4,20,22,26,27,28). The van der Waals surface area contributed by atoms with Crippen molar-refractivity contribution in [3.8, 4) is 0 Å². The van der Waals surface area contributed by atoms with Crippen molar-refractivity contribution in [3.05, 3.63) is 48.3 Å². The van der Waals surface area contributed by atoms with Crippen molar-refractivity contribution < 1.29 is 8.83 Å². The summed E-state index contributed by atoms with van der Waals surface area (Å²) in [6.07, 6.45) is 5.39. The maximum atomic E-state index is 6.22. The molecule has 2 unspecified atom stereocenters. The predicted molar refractivity (Wildman–Crippen MR) is 117 cm³/mol. The van der Waals surface area contributed by atoms with Gasteiger partial charge in [0, 0.05) is 19.5 Å². The molecule has 0 aliphatic carbocycles. The van der Waals surface area contributed by atoms with Crippen LogP contribution in [0, 0.1) is 0 Å². The Hall–Kier alpha value is -3.96. The lowest BCUT2D eigenvalue weighted by atomic mass is 10.2. The summed E-state index contributed by atoms with van der Waals surface area (Å²) in [5.41, 5.74) is 13.3. The van der Waals surface area contributed by atoms with Crippen LogP contribution in [-0.4, -0.2) is 54.3 Å². The summed E-state index contributed by atoms with van der Waals surface area (Å²) < 4.78 is 10.5. The lowest BCUT2D eigenvalue weighted by Crippen LogP contribution is -2.58. The monoisotopic (exact) mass is 426 g/mol. The summed E-state index contributed by atoms with van der Waals surface area (Å²) in [5, 5.41) is 9.43. The van der Waals surface area contributed by atoms with Crippen LogP contribution in [0.15, 0.2) is 65.8 Å². The Bertz CT molecular complexity index is 978. The van der Waals surface area contributed by atoms with Gasteiger partial charge in [-0.1, -0.05) is 0 Å². The number of rotatable bonds is 7. The number of nitrogens with zero attached hydrogens (tertiary/aromatic N) is 5. The molecular formula is C19H26N10O2. The van der Waals surface area contributed by atoms with Gasteiger partial charge in [0.25, 0.3) is 0 Å². The van der Waals surface area contributed by atoms with E-state index < -0.39 is 6.29 Å². The predicted octanol–water partition coefficient (Wildman–Crippen LogP) is -0.273. The molecule has 31 heavy (non-hydrogen) atoms. The third-order valence-corrected chi connectivity index (χ3v) is 4.60. The highest BCUT2D eigenvalue weighted by atomic mass is 16.3. The van der Waals surface area contributed by atoms with Crippen molar-refractivity contribution in [1.82, 2.24) is 20.9 Å². The first kappa shape index (κ1) is 20.3. The second-order valence-electron chi connectivity index (χ2n) is 6.97. The summed E-state index contributed by atoms with van der Waals surface area (Å²) in [6.45, 7) is 3.07. The van der Waals surface area contributed by atoms with Crippen LogP contribution in [0.5, 0.6) is 0 Å². The highest BCUT2D eigenvalue weighted by Gasteiger charge is 2.31. The molecule has 12 nitrogen and oxygen atoms in total. The van der Waals surface area contributed by atoms with E-state index in [4.69, 9.17) is 20.3 Å². The second-order valence-corrected chi connectivity index (χ2v) is 6.97. The molecule has 0 amide bonds. The van der Waals surface area contributed by atoms with Crippen LogP contribution in [0.4, 0.5) is 0 Å².